The topological polar surface area (TPSA) is 24.5 Å². The predicted molar refractivity (Wildman–Crippen MR) is 67.5 cm³/mol. The lowest BCUT2D eigenvalue weighted by molar-refractivity contribution is -0.153. The molecule has 1 saturated heterocycles. The number of ether oxygens (including phenoxy) is 1. The molecule has 0 amide bonds. The summed E-state index contributed by atoms with van der Waals surface area (Å²) in [5.41, 5.74) is 0.902. The van der Waals surface area contributed by atoms with Crippen LogP contribution in [0.2, 0.25) is 0 Å². The Hall–Kier alpha value is -1.43. The van der Waals surface area contributed by atoms with Gasteiger partial charge in [0.05, 0.1) is 0 Å². The first-order valence-electron chi connectivity index (χ1n) is 6.17. The van der Waals surface area contributed by atoms with E-state index in [1.807, 2.05) is 0 Å². The van der Waals surface area contributed by atoms with Gasteiger partial charge in [-0.25, -0.2) is 0 Å². The molecule has 1 aromatic rings. The Bertz CT molecular complexity index is 405. The molecule has 1 unspecified atom stereocenters. The highest BCUT2D eigenvalue weighted by atomic mass is 19.4. The molecule has 19 heavy (non-hydrogen) atoms. The van der Waals surface area contributed by atoms with E-state index < -0.39 is 12.8 Å². The van der Waals surface area contributed by atoms with Crippen molar-refractivity contribution >= 4 is 5.69 Å². The van der Waals surface area contributed by atoms with Crippen molar-refractivity contribution in [3.05, 3.63) is 24.3 Å². The normalized spacial score (nSPS) is 20.5. The SMILES string of the molecule is CN1CCC(Nc2ccc(OCC(F)(F)F)cc2)C1. The van der Waals surface area contributed by atoms with E-state index in [4.69, 9.17) is 0 Å². The van der Waals surface area contributed by atoms with Crippen LogP contribution < -0.4 is 10.1 Å². The van der Waals surface area contributed by atoms with E-state index in [0.29, 0.717) is 6.04 Å². The Balaban J connectivity index is 1.84. The summed E-state index contributed by atoms with van der Waals surface area (Å²) in [5, 5.41) is 3.35. The Morgan fingerprint density at radius 2 is 2.00 bits per heavy atom. The van der Waals surface area contributed by atoms with Crippen LogP contribution in [0.1, 0.15) is 6.42 Å². The summed E-state index contributed by atoms with van der Waals surface area (Å²) in [6.07, 6.45) is -3.23. The van der Waals surface area contributed by atoms with E-state index in [2.05, 4.69) is 22.0 Å². The summed E-state index contributed by atoms with van der Waals surface area (Å²) in [6, 6.07) is 6.97. The zero-order valence-electron chi connectivity index (χ0n) is 10.7. The number of alkyl halides is 3. The van der Waals surface area contributed by atoms with E-state index in [1.54, 1.807) is 24.3 Å². The molecule has 1 atom stereocenters. The number of nitrogens with one attached hydrogen (secondary N) is 1. The van der Waals surface area contributed by atoms with E-state index in [-0.39, 0.29) is 5.75 Å². The highest BCUT2D eigenvalue weighted by Crippen LogP contribution is 2.21. The van der Waals surface area contributed by atoms with Crippen molar-refractivity contribution in [2.24, 2.45) is 0 Å². The summed E-state index contributed by atoms with van der Waals surface area (Å²) < 4.78 is 40.6. The van der Waals surface area contributed by atoms with Gasteiger partial charge in [-0.15, -0.1) is 0 Å². The van der Waals surface area contributed by atoms with Gasteiger partial charge >= 0.3 is 6.18 Å². The van der Waals surface area contributed by atoms with Gasteiger partial charge < -0.3 is 15.0 Å². The number of likely N-dealkylation sites (N-methyl/N-ethyl adjacent to an activating group) is 1. The maximum absolute atomic E-state index is 12.0. The number of hydrogen-bond donors (Lipinski definition) is 1. The molecule has 0 aromatic heterocycles. The van der Waals surface area contributed by atoms with E-state index in [9.17, 15) is 13.2 Å². The fraction of sp³-hybridized carbons (Fsp3) is 0.538. The van der Waals surface area contributed by atoms with Crippen LogP contribution >= 0.6 is 0 Å². The predicted octanol–water partition coefficient (Wildman–Crippen LogP) is 2.74. The Labute approximate surface area is 110 Å². The summed E-state index contributed by atoms with van der Waals surface area (Å²) in [5.74, 6) is 0.228. The van der Waals surface area contributed by atoms with Gasteiger partial charge in [0.1, 0.15) is 5.75 Å². The zero-order chi connectivity index (χ0) is 13.9. The lowest BCUT2D eigenvalue weighted by atomic mass is 10.2. The van der Waals surface area contributed by atoms with Crippen LogP contribution in [-0.4, -0.2) is 43.9 Å². The highest BCUT2D eigenvalue weighted by Gasteiger charge is 2.28. The van der Waals surface area contributed by atoms with Gasteiger partial charge in [-0.2, -0.15) is 13.2 Å². The molecular formula is C13H17F3N2O. The maximum Gasteiger partial charge on any atom is 0.422 e. The number of halogens is 3. The largest absolute Gasteiger partial charge is 0.484 e. The smallest absolute Gasteiger partial charge is 0.422 e. The molecule has 0 spiro atoms. The monoisotopic (exact) mass is 274 g/mol. The first-order valence-corrected chi connectivity index (χ1v) is 6.17. The number of benzene rings is 1. The molecule has 1 N–H and O–H groups in total. The number of rotatable bonds is 4. The minimum absolute atomic E-state index is 0.228. The van der Waals surface area contributed by atoms with Gasteiger partial charge in [0.2, 0.25) is 0 Å². The first-order chi connectivity index (χ1) is 8.92. The van der Waals surface area contributed by atoms with Crippen LogP contribution in [-0.2, 0) is 0 Å². The molecule has 1 heterocycles. The second-order valence-electron chi connectivity index (χ2n) is 4.82. The Kier molecular flexibility index (Phi) is 4.19. The lowest BCUT2D eigenvalue weighted by Crippen LogP contribution is -2.23. The Morgan fingerprint density at radius 3 is 2.53 bits per heavy atom. The maximum atomic E-state index is 12.0. The number of anilines is 1. The fourth-order valence-corrected chi connectivity index (χ4v) is 2.10. The van der Waals surface area contributed by atoms with Crippen LogP contribution in [0.5, 0.6) is 5.75 Å². The third kappa shape index (κ3) is 4.63. The molecule has 1 aliphatic heterocycles. The number of likely N-dealkylation sites (tertiary alicyclic amines) is 1. The van der Waals surface area contributed by atoms with Crippen LogP contribution in [0.3, 0.4) is 0 Å². The molecule has 1 aliphatic rings. The molecule has 0 bridgehead atoms. The van der Waals surface area contributed by atoms with E-state index in [1.165, 1.54) is 0 Å². The van der Waals surface area contributed by atoms with Crippen molar-refractivity contribution < 1.29 is 17.9 Å². The second-order valence-corrected chi connectivity index (χ2v) is 4.82. The molecular weight excluding hydrogens is 257 g/mol. The molecule has 1 fully saturated rings. The summed E-state index contributed by atoms with van der Waals surface area (Å²) in [7, 11) is 2.07. The summed E-state index contributed by atoms with van der Waals surface area (Å²) in [4.78, 5) is 2.23. The highest BCUT2D eigenvalue weighted by molar-refractivity contribution is 5.47. The molecule has 6 heteroatoms. The van der Waals surface area contributed by atoms with Crippen molar-refractivity contribution in [2.75, 3.05) is 32.1 Å². The van der Waals surface area contributed by atoms with Crippen LogP contribution in [0, 0.1) is 0 Å². The van der Waals surface area contributed by atoms with Crippen molar-refractivity contribution in [3.8, 4) is 5.75 Å². The second kappa shape index (κ2) is 5.69. The van der Waals surface area contributed by atoms with Crippen LogP contribution in [0.25, 0.3) is 0 Å². The van der Waals surface area contributed by atoms with Crippen molar-refractivity contribution in [1.82, 2.24) is 4.90 Å². The molecule has 0 radical (unpaired) electrons. The molecule has 3 nitrogen and oxygen atoms in total. The third-order valence-corrected chi connectivity index (χ3v) is 3.02. The van der Waals surface area contributed by atoms with Gasteiger partial charge in [-0.3, -0.25) is 0 Å². The Morgan fingerprint density at radius 1 is 1.32 bits per heavy atom. The molecule has 0 aliphatic carbocycles. The zero-order valence-corrected chi connectivity index (χ0v) is 10.7. The molecule has 1 aromatic carbocycles. The van der Waals surface area contributed by atoms with Gasteiger partial charge in [0, 0.05) is 18.3 Å². The van der Waals surface area contributed by atoms with Crippen LogP contribution in [0.15, 0.2) is 24.3 Å². The van der Waals surface area contributed by atoms with E-state index >= 15 is 0 Å². The third-order valence-electron chi connectivity index (χ3n) is 3.02. The van der Waals surface area contributed by atoms with Crippen molar-refractivity contribution in [3.63, 3.8) is 0 Å². The lowest BCUT2D eigenvalue weighted by Gasteiger charge is -2.15. The van der Waals surface area contributed by atoms with Gasteiger partial charge in [-0.1, -0.05) is 0 Å². The molecule has 0 saturated carbocycles. The first kappa shape index (κ1) is 14.0. The number of nitrogens with zero attached hydrogens (tertiary/aromatic N) is 1. The van der Waals surface area contributed by atoms with E-state index in [0.717, 1.165) is 25.2 Å². The van der Waals surface area contributed by atoms with Gasteiger partial charge in [0.15, 0.2) is 6.61 Å². The number of hydrogen-bond acceptors (Lipinski definition) is 3. The minimum atomic E-state index is -4.30. The van der Waals surface area contributed by atoms with Crippen molar-refractivity contribution in [1.29, 1.82) is 0 Å². The molecule has 2 rings (SSSR count). The van der Waals surface area contributed by atoms with Gasteiger partial charge in [-0.05, 0) is 44.3 Å². The molecule has 106 valence electrons. The minimum Gasteiger partial charge on any atom is -0.484 e. The summed E-state index contributed by atoms with van der Waals surface area (Å²) >= 11 is 0. The van der Waals surface area contributed by atoms with Gasteiger partial charge in [0.25, 0.3) is 0 Å². The average molecular weight is 274 g/mol. The fourth-order valence-electron chi connectivity index (χ4n) is 2.10. The average Bonchev–Trinajstić information content (AvgIpc) is 2.73. The van der Waals surface area contributed by atoms with Crippen LogP contribution in [0.4, 0.5) is 18.9 Å². The quantitative estimate of drug-likeness (QED) is 0.913. The standard InChI is InChI=1S/C13H17F3N2O/c1-18-7-6-11(8-18)17-10-2-4-12(5-3-10)19-9-13(14,15)16/h2-5,11,17H,6-9H2,1H3. The summed E-state index contributed by atoms with van der Waals surface area (Å²) in [6.45, 7) is 0.782. The van der Waals surface area contributed by atoms with Crippen molar-refractivity contribution in [2.45, 2.75) is 18.6 Å².